The topological polar surface area (TPSA) is 51.9 Å². The third kappa shape index (κ3) is 3.28. The van der Waals surface area contributed by atoms with Gasteiger partial charge < -0.3 is 18.8 Å². The molecule has 5 heteroatoms. The van der Waals surface area contributed by atoms with Crippen molar-refractivity contribution in [3.05, 3.63) is 35.8 Å². The average Bonchev–Trinajstić information content (AvgIpc) is 2.92. The fraction of sp³-hybridized carbons (Fsp3) is 0.632. The molecule has 3 rings (SSSR count). The van der Waals surface area contributed by atoms with Crippen LogP contribution in [0.1, 0.15) is 41.1 Å². The van der Waals surface area contributed by atoms with Crippen molar-refractivity contribution in [1.29, 1.82) is 0 Å². The molecule has 1 amide bonds. The largest absolute Gasteiger partial charge is 0.466 e. The lowest BCUT2D eigenvalue weighted by Gasteiger charge is -2.50. The molecule has 3 heterocycles. The van der Waals surface area contributed by atoms with E-state index in [1.165, 1.54) is 0 Å². The maximum Gasteiger partial charge on any atom is 0.257 e. The van der Waals surface area contributed by atoms with Gasteiger partial charge in [0.05, 0.1) is 24.9 Å². The summed E-state index contributed by atoms with van der Waals surface area (Å²) >= 11 is 0. The van der Waals surface area contributed by atoms with Crippen LogP contribution >= 0.6 is 0 Å². The highest BCUT2D eigenvalue weighted by Crippen LogP contribution is 2.41. The number of piperidine rings is 1. The van der Waals surface area contributed by atoms with Gasteiger partial charge in [-0.3, -0.25) is 4.79 Å². The molecule has 1 aromatic rings. The van der Waals surface area contributed by atoms with E-state index >= 15 is 0 Å². The van der Waals surface area contributed by atoms with Gasteiger partial charge in [-0.05, 0) is 39.2 Å². The number of amides is 1. The van der Waals surface area contributed by atoms with Gasteiger partial charge in [-0.15, -0.1) is 6.58 Å². The summed E-state index contributed by atoms with van der Waals surface area (Å²) in [5.41, 5.74) is 0.562. The van der Waals surface area contributed by atoms with E-state index in [-0.39, 0.29) is 17.4 Å². The monoisotopic (exact) mass is 333 g/mol. The SMILES string of the molecule is C=CCOC[C@@]12CCCO[C@@H]1CCN(C(=O)c1cc(C)oc1C)C2. The van der Waals surface area contributed by atoms with E-state index in [9.17, 15) is 4.79 Å². The Morgan fingerprint density at radius 1 is 1.54 bits per heavy atom. The second-order valence-electron chi connectivity index (χ2n) is 6.97. The second-order valence-corrected chi connectivity index (χ2v) is 6.97. The number of rotatable bonds is 5. The number of furan rings is 1. The van der Waals surface area contributed by atoms with E-state index in [1.54, 1.807) is 6.08 Å². The number of carbonyl (C=O) groups excluding carboxylic acids is 1. The smallest absolute Gasteiger partial charge is 0.257 e. The van der Waals surface area contributed by atoms with Gasteiger partial charge in [0, 0.05) is 25.1 Å². The highest BCUT2D eigenvalue weighted by Gasteiger charge is 2.47. The van der Waals surface area contributed by atoms with Crippen LogP contribution in [0.5, 0.6) is 0 Å². The van der Waals surface area contributed by atoms with Crippen LogP contribution in [0, 0.1) is 19.3 Å². The Morgan fingerprint density at radius 3 is 3.08 bits per heavy atom. The zero-order valence-electron chi connectivity index (χ0n) is 14.7. The van der Waals surface area contributed by atoms with Crippen molar-refractivity contribution in [2.75, 3.05) is 32.9 Å². The van der Waals surface area contributed by atoms with Crippen molar-refractivity contribution in [2.24, 2.45) is 5.41 Å². The zero-order valence-corrected chi connectivity index (χ0v) is 14.7. The first-order valence-corrected chi connectivity index (χ1v) is 8.72. The Labute approximate surface area is 143 Å². The predicted molar refractivity (Wildman–Crippen MR) is 91.1 cm³/mol. The number of hydrogen-bond acceptors (Lipinski definition) is 4. The Bertz CT molecular complexity index is 609. The molecule has 2 atom stereocenters. The quantitative estimate of drug-likeness (QED) is 0.614. The number of hydrogen-bond donors (Lipinski definition) is 0. The minimum atomic E-state index is -0.109. The van der Waals surface area contributed by atoms with Crippen LogP contribution in [0.4, 0.5) is 0 Å². The molecular formula is C19H27NO4. The number of carbonyl (C=O) groups is 1. The molecule has 0 saturated carbocycles. The van der Waals surface area contributed by atoms with Crippen molar-refractivity contribution < 1.29 is 18.7 Å². The summed E-state index contributed by atoms with van der Waals surface area (Å²) in [6.45, 7) is 10.8. The third-order valence-corrected chi connectivity index (χ3v) is 5.17. The summed E-state index contributed by atoms with van der Waals surface area (Å²) in [5.74, 6) is 1.52. The molecule has 0 aliphatic carbocycles. The van der Waals surface area contributed by atoms with Crippen LogP contribution in [0.15, 0.2) is 23.1 Å². The highest BCUT2D eigenvalue weighted by atomic mass is 16.5. The summed E-state index contributed by atoms with van der Waals surface area (Å²) in [6, 6.07) is 1.84. The Kier molecular flexibility index (Phi) is 5.11. The highest BCUT2D eigenvalue weighted by molar-refractivity contribution is 5.95. The molecule has 0 bridgehead atoms. The second kappa shape index (κ2) is 7.11. The van der Waals surface area contributed by atoms with Crippen molar-refractivity contribution in [1.82, 2.24) is 4.90 Å². The fourth-order valence-electron chi connectivity index (χ4n) is 4.03. The lowest BCUT2D eigenvalue weighted by Crippen LogP contribution is -2.58. The number of aryl methyl sites for hydroxylation is 2. The van der Waals surface area contributed by atoms with Crippen molar-refractivity contribution in [3.8, 4) is 0 Å². The molecule has 24 heavy (non-hydrogen) atoms. The summed E-state index contributed by atoms with van der Waals surface area (Å²) in [7, 11) is 0. The standard InChI is InChI=1S/C19H27NO4/c1-4-9-22-13-19-7-5-10-23-17(19)6-8-20(12-19)18(21)16-11-14(2)24-15(16)3/h4,11,17H,1,5-10,12-13H2,2-3H3/t17-,19+/m1/s1. The van der Waals surface area contributed by atoms with E-state index < -0.39 is 0 Å². The minimum absolute atomic E-state index is 0.0523. The summed E-state index contributed by atoms with van der Waals surface area (Å²) in [4.78, 5) is 14.9. The molecule has 0 unspecified atom stereocenters. The molecule has 2 aliphatic rings. The molecule has 5 nitrogen and oxygen atoms in total. The lowest BCUT2D eigenvalue weighted by molar-refractivity contribution is -0.144. The van der Waals surface area contributed by atoms with E-state index in [0.29, 0.717) is 31.1 Å². The van der Waals surface area contributed by atoms with Gasteiger partial charge in [-0.1, -0.05) is 6.08 Å². The molecule has 2 saturated heterocycles. The Hall–Kier alpha value is -1.59. The molecular weight excluding hydrogens is 306 g/mol. The van der Waals surface area contributed by atoms with Crippen molar-refractivity contribution >= 4 is 5.91 Å². The first kappa shape index (κ1) is 17.2. The molecule has 1 aromatic heterocycles. The summed E-state index contributed by atoms with van der Waals surface area (Å²) < 4.78 is 17.3. The molecule has 0 N–H and O–H groups in total. The van der Waals surface area contributed by atoms with Gasteiger partial charge in [0.1, 0.15) is 11.5 Å². The predicted octanol–water partition coefficient (Wildman–Crippen LogP) is 3.11. The maximum absolute atomic E-state index is 12.9. The van der Waals surface area contributed by atoms with Crippen LogP contribution in [0.25, 0.3) is 0 Å². The van der Waals surface area contributed by atoms with Crippen molar-refractivity contribution in [3.63, 3.8) is 0 Å². The molecule has 0 spiro atoms. The molecule has 2 fully saturated rings. The first-order chi connectivity index (χ1) is 11.6. The van der Waals surface area contributed by atoms with Crippen LogP contribution < -0.4 is 0 Å². The van der Waals surface area contributed by atoms with Gasteiger partial charge in [0.25, 0.3) is 5.91 Å². The van der Waals surface area contributed by atoms with E-state index in [1.807, 2.05) is 24.8 Å². The zero-order chi connectivity index (χ0) is 17.2. The molecule has 0 radical (unpaired) electrons. The molecule has 2 aliphatic heterocycles. The molecule has 132 valence electrons. The number of likely N-dealkylation sites (tertiary alicyclic amines) is 1. The number of ether oxygens (including phenoxy) is 2. The average molecular weight is 333 g/mol. The first-order valence-electron chi connectivity index (χ1n) is 8.72. The van der Waals surface area contributed by atoms with Crippen LogP contribution in [0.2, 0.25) is 0 Å². The van der Waals surface area contributed by atoms with Gasteiger partial charge in [0.2, 0.25) is 0 Å². The molecule has 0 aromatic carbocycles. The van der Waals surface area contributed by atoms with Gasteiger partial charge in [0.15, 0.2) is 0 Å². The number of nitrogens with zero attached hydrogens (tertiary/aromatic N) is 1. The fourth-order valence-corrected chi connectivity index (χ4v) is 4.03. The van der Waals surface area contributed by atoms with Crippen LogP contribution in [0.3, 0.4) is 0 Å². The van der Waals surface area contributed by atoms with E-state index in [0.717, 1.165) is 38.2 Å². The van der Waals surface area contributed by atoms with Gasteiger partial charge >= 0.3 is 0 Å². The van der Waals surface area contributed by atoms with Crippen LogP contribution in [-0.4, -0.2) is 49.8 Å². The normalized spacial score (nSPS) is 26.9. The van der Waals surface area contributed by atoms with E-state index in [4.69, 9.17) is 13.9 Å². The minimum Gasteiger partial charge on any atom is -0.466 e. The van der Waals surface area contributed by atoms with E-state index in [2.05, 4.69) is 6.58 Å². The lowest BCUT2D eigenvalue weighted by atomic mass is 9.73. The number of fused-ring (bicyclic) bond motifs is 1. The van der Waals surface area contributed by atoms with Crippen LogP contribution in [-0.2, 0) is 9.47 Å². The maximum atomic E-state index is 12.9. The van der Waals surface area contributed by atoms with Crippen molar-refractivity contribution in [2.45, 2.75) is 39.2 Å². The summed E-state index contributed by atoms with van der Waals surface area (Å²) in [5, 5.41) is 0. The third-order valence-electron chi connectivity index (χ3n) is 5.17. The van der Waals surface area contributed by atoms with Gasteiger partial charge in [-0.2, -0.15) is 0 Å². The Morgan fingerprint density at radius 2 is 2.38 bits per heavy atom. The summed E-state index contributed by atoms with van der Waals surface area (Å²) in [6.07, 6.45) is 4.84. The Balaban J connectivity index is 1.77. The van der Waals surface area contributed by atoms with Gasteiger partial charge in [-0.25, -0.2) is 0 Å².